The van der Waals surface area contributed by atoms with Crippen LogP contribution in [0.3, 0.4) is 0 Å². The molecule has 0 aromatic heterocycles. The van der Waals surface area contributed by atoms with Crippen molar-refractivity contribution in [1.29, 1.82) is 0 Å². The van der Waals surface area contributed by atoms with Crippen molar-refractivity contribution in [1.82, 2.24) is 0 Å². The normalized spacial score (nSPS) is 11.8. The SMILES string of the molecule is O=C(O)/C=C/c1ccc(OC(F)(F)F)c(Cl)c1. The lowest BCUT2D eigenvalue weighted by molar-refractivity contribution is -0.274. The summed E-state index contributed by atoms with van der Waals surface area (Å²) >= 11 is 5.54. The molecule has 0 aliphatic rings. The molecule has 92 valence electrons. The van der Waals surface area contributed by atoms with Crippen molar-refractivity contribution in [3.8, 4) is 5.75 Å². The molecule has 1 N–H and O–H groups in total. The lowest BCUT2D eigenvalue weighted by Crippen LogP contribution is -2.17. The lowest BCUT2D eigenvalue weighted by Gasteiger charge is -2.10. The van der Waals surface area contributed by atoms with Crippen molar-refractivity contribution in [3.05, 3.63) is 34.9 Å². The largest absolute Gasteiger partial charge is 0.573 e. The van der Waals surface area contributed by atoms with E-state index in [1.807, 2.05) is 0 Å². The van der Waals surface area contributed by atoms with E-state index in [0.717, 1.165) is 12.1 Å². The van der Waals surface area contributed by atoms with Gasteiger partial charge in [0.05, 0.1) is 5.02 Å². The van der Waals surface area contributed by atoms with Crippen molar-refractivity contribution in [2.24, 2.45) is 0 Å². The average Bonchev–Trinajstić information content (AvgIpc) is 2.17. The minimum atomic E-state index is -4.82. The Labute approximate surface area is 99.1 Å². The number of halogens is 4. The number of ether oxygens (including phenoxy) is 1. The van der Waals surface area contributed by atoms with Crippen LogP contribution in [0, 0.1) is 0 Å². The van der Waals surface area contributed by atoms with Crippen LogP contribution in [-0.2, 0) is 4.79 Å². The van der Waals surface area contributed by atoms with Crippen molar-refractivity contribution < 1.29 is 27.8 Å². The molecular weight excluding hydrogens is 261 g/mol. The lowest BCUT2D eigenvalue weighted by atomic mass is 10.2. The molecule has 3 nitrogen and oxygen atoms in total. The van der Waals surface area contributed by atoms with Gasteiger partial charge in [-0.3, -0.25) is 0 Å². The molecule has 0 amide bonds. The van der Waals surface area contributed by atoms with Gasteiger partial charge in [-0.25, -0.2) is 4.79 Å². The zero-order valence-corrected chi connectivity index (χ0v) is 8.92. The van der Waals surface area contributed by atoms with Gasteiger partial charge in [0.1, 0.15) is 5.75 Å². The van der Waals surface area contributed by atoms with Gasteiger partial charge < -0.3 is 9.84 Å². The number of carbonyl (C=O) groups is 1. The van der Waals surface area contributed by atoms with E-state index in [9.17, 15) is 18.0 Å². The van der Waals surface area contributed by atoms with E-state index in [4.69, 9.17) is 16.7 Å². The molecular formula is C10H6ClF3O3. The van der Waals surface area contributed by atoms with Gasteiger partial charge in [0, 0.05) is 6.08 Å². The second-order valence-corrected chi connectivity index (χ2v) is 3.32. The van der Waals surface area contributed by atoms with Crippen molar-refractivity contribution in [2.75, 3.05) is 0 Å². The average molecular weight is 267 g/mol. The maximum absolute atomic E-state index is 11.9. The highest BCUT2D eigenvalue weighted by molar-refractivity contribution is 6.32. The zero-order chi connectivity index (χ0) is 13.1. The van der Waals surface area contributed by atoms with Gasteiger partial charge in [-0.15, -0.1) is 13.2 Å². The molecule has 0 saturated heterocycles. The second-order valence-electron chi connectivity index (χ2n) is 2.91. The van der Waals surface area contributed by atoms with Gasteiger partial charge in [-0.2, -0.15) is 0 Å². The van der Waals surface area contributed by atoms with E-state index >= 15 is 0 Å². The zero-order valence-electron chi connectivity index (χ0n) is 8.16. The smallest absolute Gasteiger partial charge is 0.478 e. The van der Waals surface area contributed by atoms with Crippen LogP contribution < -0.4 is 4.74 Å². The number of carboxylic acid groups (broad SMARTS) is 1. The fraction of sp³-hybridized carbons (Fsp3) is 0.100. The van der Waals surface area contributed by atoms with Crippen LogP contribution in [0.5, 0.6) is 5.75 Å². The van der Waals surface area contributed by atoms with E-state index in [1.54, 1.807) is 0 Å². The number of alkyl halides is 3. The van der Waals surface area contributed by atoms with Gasteiger partial charge in [0.15, 0.2) is 0 Å². The summed E-state index contributed by atoms with van der Waals surface area (Å²) in [6.07, 6.45) is -2.77. The molecule has 7 heteroatoms. The molecule has 0 radical (unpaired) electrons. The van der Waals surface area contributed by atoms with Gasteiger partial charge >= 0.3 is 12.3 Å². The Hall–Kier alpha value is -1.69. The summed E-state index contributed by atoms with van der Waals surface area (Å²) in [6.45, 7) is 0. The highest BCUT2D eigenvalue weighted by Crippen LogP contribution is 2.30. The van der Waals surface area contributed by atoms with Gasteiger partial charge in [0.2, 0.25) is 0 Å². The Morgan fingerprint density at radius 1 is 1.41 bits per heavy atom. The second kappa shape index (κ2) is 5.09. The molecule has 17 heavy (non-hydrogen) atoms. The number of benzene rings is 1. The molecule has 0 heterocycles. The quantitative estimate of drug-likeness (QED) is 0.854. The van der Waals surface area contributed by atoms with Crippen molar-refractivity contribution in [3.63, 3.8) is 0 Å². The van der Waals surface area contributed by atoms with E-state index in [0.29, 0.717) is 5.56 Å². The van der Waals surface area contributed by atoms with Crippen LogP contribution in [0.25, 0.3) is 6.08 Å². The molecule has 0 bridgehead atoms. The summed E-state index contributed by atoms with van der Waals surface area (Å²) in [6, 6.07) is 3.44. The summed E-state index contributed by atoms with van der Waals surface area (Å²) in [5.74, 6) is -1.71. The topological polar surface area (TPSA) is 46.5 Å². The fourth-order valence-corrected chi connectivity index (χ4v) is 1.22. The molecule has 1 rings (SSSR count). The summed E-state index contributed by atoms with van der Waals surface area (Å²) in [7, 11) is 0. The van der Waals surface area contributed by atoms with Gasteiger partial charge in [-0.1, -0.05) is 17.7 Å². The first kappa shape index (κ1) is 13.4. The third-order valence-electron chi connectivity index (χ3n) is 1.60. The highest BCUT2D eigenvalue weighted by atomic mass is 35.5. The monoisotopic (exact) mass is 266 g/mol. The first-order chi connectivity index (χ1) is 7.78. The summed E-state index contributed by atoms with van der Waals surface area (Å²) in [4.78, 5) is 10.2. The number of aliphatic carboxylic acids is 1. The van der Waals surface area contributed by atoms with Crippen LogP contribution >= 0.6 is 11.6 Å². The third-order valence-corrected chi connectivity index (χ3v) is 1.90. The Bertz CT molecular complexity index is 455. The van der Waals surface area contributed by atoms with Crippen LogP contribution in [0.4, 0.5) is 13.2 Å². The molecule has 0 fully saturated rings. The Kier molecular flexibility index (Phi) is 4.01. The van der Waals surface area contributed by atoms with Crippen LogP contribution in [0.2, 0.25) is 5.02 Å². The van der Waals surface area contributed by atoms with E-state index in [1.165, 1.54) is 18.2 Å². The standard InChI is InChI=1S/C10H6ClF3O3/c11-7-5-6(2-4-9(15)16)1-3-8(7)17-10(12,13)14/h1-5H,(H,15,16)/b4-2+. The highest BCUT2D eigenvalue weighted by Gasteiger charge is 2.31. The maximum Gasteiger partial charge on any atom is 0.573 e. The van der Waals surface area contributed by atoms with Crippen molar-refractivity contribution >= 4 is 23.6 Å². The first-order valence-electron chi connectivity index (χ1n) is 4.24. The predicted molar refractivity (Wildman–Crippen MR) is 54.8 cm³/mol. The summed E-state index contributed by atoms with van der Waals surface area (Å²) in [5.41, 5.74) is 0.354. The van der Waals surface area contributed by atoms with Crippen LogP contribution in [0.15, 0.2) is 24.3 Å². The summed E-state index contributed by atoms with van der Waals surface area (Å²) < 4.78 is 39.4. The van der Waals surface area contributed by atoms with E-state index < -0.39 is 18.1 Å². The van der Waals surface area contributed by atoms with E-state index in [2.05, 4.69) is 4.74 Å². The molecule has 0 spiro atoms. The van der Waals surface area contributed by atoms with Crippen molar-refractivity contribution in [2.45, 2.75) is 6.36 Å². The Morgan fingerprint density at radius 3 is 2.53 bits per heavy atom. The number of carboxylic acids is 1. The predicted octanol–water partition coefficient (Wildman–Crippen LogP) is 3.34. The summed E-state index contributed by atoms with van der Waals surface area (Å²) in [5, 5.41) is 8.10. The van der Waals surface area contributed by atoms with E-state index in [-0.39, 0.29) is 5.02 Å². The minimum absolute atomic E-state index is 0.255. The van der Waals surface area contributed by atoms with Crippen LogP contribution in [0.1, 0.15) is 5.56 Å². The number of hydrogen-bond acceptors (Lipinski definition) is 2. The molecule has 1 aromatic carbocycles. The molecule has 1 aromatic rings. The van der Waals surface area contributed by atoms with Gasteiger partial charge in [0.25, 0.3) is 0 Å². The Morgan fingerprint density at radius 2 is 2.06 bits per heavy atom. The molecule has 0 aliphatic heterocycles. The molecule has 0 saturated carbocycles. The molecule has 0 unspecified atom stereocenters. The fourth-order valence-electron chi connectivity index (χ4n) is 0.996. The Balaban J connectivity index is 2.90. The van der Waals surface area contributed by atoms with Gasteiger partial charge in [-0.05, 0) is 23.8 Å². The maximum atomic E-state index is 11.9. The molecule has 0 aliphatic carbocycles. The third kappa shape index (κ3) is 4.78. The minimum Gasteiger partial charge on any atom is -0.478 e. The van der Waals surface area contributed by atoms with Crippen LogP contribution in [-0.4, -0.2) is 17.4 Å². The first-order valence-corrected chi connectivity index (χ1v) is 4.62. The number of hydrogen-bond donors (Lipinski definition) is 1. The molecule has 0 atom stereocenters. The number of rotatable bonds is 3.